The first-order chi connectivity index (χ1) is 6.45. The average Bonchev–Trinajstić information content (AvgIpc) is 2.07. The summed E-state index contributed by atoms with van der Waals surface area (Å²) >= 11 is 0. The third-order valence-electron chi connectivity index (χ3n) is 2.58. The summed E-state index contributed by atoms with van der Waals surface area (Å²) in [5.74, 6) is -3.75. The highest BCUT2D eigenvalue weighted by Crippen LogP contribution is 2.32. The number of nitrogens with zero attached hydrogens (tertiary/aromatic N) is 1. The van der Waals surface area contributed by atoms with E-state index in [0.29, 0.717) is 6.54 Å². The van der Waals surface area contributed by atoms with E-state index in [0.717, 1.165) is 0 Å². The lowest BCUT2D eigenvalue weighted by Crippen LogP contribution is -2.50. The zero-order chi connectivity index (χ0) is 10.8. The Balaban J connectivity index is 2.49. The highest BCUT2D eigenvalue weighted by atomic mass is 19.3. The van der Waals surface area contributed by atoms with Crippen LogP contribution in [0.25, 0.3) is 0 Å². The maximum Gasteiger partial charge on any atom is 0.255 e. The summed E-state index contributed by atoms with van der Waals surface area (Å²) in [5.41, 5.74) is 0. The summed E-state index contributed by atoms with van der Waals surface area (Å²) in [4.78, 5) is 1.77. The molecule has 1 aliphatic heterocycles. The molecule has 3 nitrogen and oxygen atoms in total. The molecule has 1 rings (SSSR count). The van der Waals surface area contributed by atoms with E-state index in [4.69, 9.17) is 10.2 Å². The predicted octanol–water partition coefficient (Wildman–Crippen LogP) is 0.317. The SMILES string of the molecule is CC(O)CN1CCC(F)(F)C(CO)C1. The van der Waals surface area contributed by atoms with Gasteiger partial charge in [0.15, 0.2) is 0 Å². The summed E-state index contributed by atoms with van der Waals surface area (Å²) in [6, 6.07) is 0. The molecule has 84 valence electrons. The monoisotopic (exact) mass is 209 g/mol. The van der Waals surface area contributed by atoms with Gasteiger partial charge < -0.3 is 10.2 Å². The third kappa shape index (κ3) is 2.87. The normalized spacial score (nSPS) is 30.2. The lowest BCUT2D eigenvalue weighted by atomic mass is 9.94. The zero-order valence-electron chi connectivity index (χ0n) is 8.29. The Kier molecular flexibility index (Phi) is 3.80. The summed E-state index contributed by atoms with van der Waals surface area (Å²) in [6.45, 7) is 1.97. The number of piperidine rings is 1. The smallest absolute Gasteiger partial charge is 0.255 e. The fourth-order valence-corrected chi connectivity index (χ4v) is 1.78. The van der Waals surface area contributed by atoms with Gasteiger partial charge in [0.25, 0.3) is 5.92 Å². The first-order valence-corrected chi connectivity index (χ1v) is 4.85. The van der Waals surface area contributed by atoms with Crippen LogP contribution in [0, 0.1) is 5.92 Å². The number of β-amino-alcohol motifs (C(OH)–C–C–N with tert-alkyl or cyclic N) is 1. The van der Waals surface area contributed by atoms with E-state index in [1.807, 2.05) is 0 Å². The fraction of sp³-hybridized carbons (Fsp3) is 1.00. The van der Waals surface area contributed by atoms with Gasteiger partial charge in [-0.25, -0.2) is 8.78 Å². The van der Waals surface area contributed by atoms with Gasteiger partial charge in [-0.3, -0.25) is 4.90 Å². The molecule has 0 aliphatic carbocycles. The molecule has 1 heterocycles. The average molecular weight is 209 g/mol. The standard InChI is InChI=1S/C9H17F2NO2/c1-7(14)4-12-3-2-9(10,11)8(5-12)6-13/h7-8,13-14H,2-6H2,1H3. The molecule has 0 radical (unpaired) electrons. The van der Waals surface area contributed by atoms with Gasteiger partial charge in [0.1, 0.15) is 0 Å². The first kappa shape index (κ1) is 11.8. The minimum absolute atomic E-state index is 0.161. The zero-order valence-corrected chi connectivity index (χ0v) is 8.29. The van der Waals surface area contributed by atoms with E-state index in [1.165, 1.54) is 0 Å². The van der Waals surface area contributed by atoms with Crippen molar-refractivity contribution in [3.8, 4) is 0 Å². The van der Waals surface area contributed by atoms with E-state index in [2.05, 4.69) is 0 Å². The molecular formula is C9H17F2NO2. The molecular weight excluding hydrogens is 192 g/mol. The van der Waals surface area contributed by atoms with Crippen LogP contribution in [0.1, 0.15) is 13.3 Å². The van der Waals surface area contributed by atoms with Crippen molar-refractivity contribution < 1.29 is 19.0 Å². The predicted molar refractivity (Wildman–Crippen MR) is 48.3 cm³/mol. The summed E-state index contributed by atoms with van der Waals surface area (Å²) < 4.78 is 26.3. The van der Waals surface area contributed by atoms with Crippen LogP contribution in [0.4, 0.5) is 8.78 Å². The van der Waals surface area contributed by atoms with Crippen molar-refractivity contribution in [3.63, 3.8) is 0 Å². The molecule has 0 bridgehead atoms. The number of rotatable bonds is 3. The van der Waals surface area contributed by atoms with Crippen molar-refractivity contribution >= 4 is 0 Å². The van der Waals surface area contributed by atoms with Gasteiger partial charge in [-0.2, -0.15) is 0 Å². The maximum atomic E-state index is 13.1. The second-order valence-electron chi connectivity index (χ2n) is 4.00. The summed E-state index contributed by atoms with van der Waals surface area (Å²) in [5, 5.41) is 17.9. The Labute approximate surface area is 82.3 Å². The van der Waals surface area contributed by atoms with Crippen LogP contribution >= 0.6 is 0 Å². The van der Waals surface area contributed by atoms with Crippen LogP contribution in [0.3, 0.4) is 0 Å². The number of hydrogen-bond acceptors (Lipinski definition) is 3. The Morgan fingerprint density at radius 2 is 2.21 bits per heavy atom. The van der Waals surface area contributed by atoms with Crippen LogP contribution < -0.4 is 0 Å². The molecule has 0 aromatic rings. The van der Waals surface area contributed by atoms with Crippen LogP contribution in [0.5, 0.6) is 0 Å². The van der Waals surface area contributed by atoms with Gasteiger partial charge >= 0.3 is 0 Å². The quantitative estimate of drug-likeness (QED) is 0.703. The summed E-state index contributed by atoms with van der Waals surface area (Å²) in [6.07, 6.45) is -0.744. The van der Waals surface area contributed by atoms with Gasteiger partial charge in [-0.1, -0.05) is 0 Å². The van der Waals surface area contributed by atoms with Crippen molar-refractivity contribution in [3.05, 3.63) is 0 Å². The molecule has 14 heavy (non-hydrogen) atoms. The van der Waals surface area contributed by atoms with E-state index >= 15 is 0 Å². The van der Waals surface area contributed by atoms with Crippen molar-refractivity contribution in [1.29, 1.82) is 0 Å². The van der Waals surface area contributed by atoms with Gasteiger partial charge in [0.2, 0.25) is 0 Å². The van der Waals surface area contributed by atoms with Crippen molar-refractivity contribution in [2.75, 3.05) is 26.2 Å². The van der Waals surface area contributed by atoms with Gasteiger partial charge in [0.05, 0.1) is 18.6 Å². The molecule has 5 heteroatoms. The number of aliphatic hydroxyl groups excluding tert-OH is 2. The number of alkyl halides is 2. The van der Waals surface area contributed by atoms with E-state index < -0.39 is 24.6 Å². The Bertz CT molecular complexity index is 188. The molecule has 1 fully saturated rings. The molecule has 2 atom stereocenters. The molecule has 0 amide bonds. The number of halogens is 2. The summed E-state index contributed by atoms with van der Waals surface area (Å²) in [7, 11) is 0. The molecule has 1 saturated heterocycles. The molecule has 2 N–H and O–H groups in total. The second-order valence-corrected chi connectivity index (χ2v) is 4.00. The highest BCUT2D eigenvalue weighted by molar-refractivity contribution is 4.86. The van der Waals surface area contributed by atoms with Gasteiger partial charge in [-0.15, -0.1) is 0 Å². The van der Waals surface area contributed by atoms with Crippen LogP contribution in [-0.2, 0) is 0 Å². The minimum Gasteiger partial charge on any atom is -0.396 e. The maximum absolute atomic E-state index is 13.1. The topological polar surface area (TPSA) is 43.7 Å². The van der Waals surface area contributed by atoms with Crippen LogP contribution in [0.2, 0.25) is 0 Å². The number of aliphatic hydroxyl groups is 2. The third-order valence-corrected chi connectivity index (χ3v) is 2.58. The van der Waals surface area contributed by atoms with E-state index in [1.54, 1.807) is 11.8 Å². The molecule has 0 spiro atoms. The number of likely N-dealkylation sites (tertiary alicyclic amines) is 1. The largest absolute Gasteiger partial charge is 0.396 e. The Morgan fingerprint density at radius 3 is 2.71 bits per heavy atom. The number of hydrogen-bond donors (Lipinski definition) is 2. The Morgan fingerprint density at radius 1 is 1.57 bits per heavy atom. The van der Waals surface area contributed by atoms with Crippen molar-refractivity contribution in [2.45, 2.75) is 25.4 Å². The fourth-order valence-electron chi connectivity index (χ4n) is 1.78. The molecule has 0 saturated carbocycles. The molecule has 0 aromatic carbocycles. The Hall–Kier alpha value is -0.260. The molecule has 1 aliphatic rings. The molecule has 2 unspecified atom stereocenters. The van der Waals surface area contributed by atoms with Crippen molar-refractivity contribution in [2.24, 2.45) is 5.92 Å². The van der Waals surface area contributed by atoms with E-state index in [9.17, 15) is 8.78 Å². The van der Waals surface area contributed by atoms with Crippen molar-refractivity contribution in [1.82, 2.24) is 4.90 Å². The minimum atomic E-state index is -2.76. The van der Waals surface area contributed by atoms with E-state index in [-0.39, 0.29) is 19.5 Å². The lowest BCUT2D eigenvalue weighted by Gasteiger charge is -2.37. The lowest BCUT2D eigenvalue weighted by molar-refractivity contribution is -0.123. The highest BCUT2D eigenvalue weighted by Gasteiger charge is 2.43. The van der Waals surface area contributed by atoms with Gasteiger partial charge in [-0.05, 0) is 6.92 Å². The first-order valence-electron chi connectivity index (χ1n) is 4.85. The molecule has 0 aromatic heterocycles. The second kappa shape index (κ2) is 4.51. The van der Waals surface area contributed by atoms with Crippen LogP contribution in [-0.4, -0.2) is 53.4 Å². The van der Waals surface area contributed by atoms with Gasteiger partial charge in [0, 0.05) is 26.1 Å². The van der Waals surface area contributed by atoms with Crippen LogP contribution in [0.15, 0.2) is 0 Å².